The van der Waals surface area contributed by atoms with Gasteiger partial charge < -0.3 is 10.0 Å². The quantitative estimate of drug-likeness (QED) is 0.895. The molecule has 1 aliphatic heterocycles. The van der Waals surface area contributed by atoms with E-state index in [1.54, 1.807) is 6.20 Å². The van der Waals surface area contributed by atoms with Crippen LogP contribution in [0.4, 0.5) is 5.82 Å². The van der Waals surface area contributed by atoms with E-state index in [0.717, 1.165) is 30.0 Å². The Morgan fingerprint density at radius 3 is 2.84 bits per heavy atom. The van der Waals surface area contributed by atoms with Crippen LogP contribution in [0.1, 0.15) is 38.8 Å². The average molecular weight is 260 g/mol. The SMILES string of the molecule is CC(C)c1cc2c(N3CCC(C)(O)C3)nccn2n1. The van der Waals surface area contributed by atoms with E-state index in [1.165, 1.54) is 0 Å². The Balaban J connectivity index is 2.04. The number of nitrogens with zero attached hydrogens (tertiary/aromatic N) is 4. The molecule has 0 saturated carbocycles. The van der Waals surface area contributed by atoms with Crippen molar-refractivity contribution in [1.82, 2.24) is 14.6 Å². The van der Waals surface area contributed by atoms with Crippen LogP contribution in [0.25, 0.3) is 5.52 Å². The standard InChI is InChI=1S/C14H20N4O/c1-10(2)11-8-12-13(15-5-7-18(12)16-11)17-6-4-14(3,19)9-17/h5,7-8,10,19H,4,6,9H2,1-3H3. The fourth-order valence-corrected chi connectivity index (χ4v) is 2.58. The van der Waals surface area contributed by atoms with Gasteiger partial charge in [-0.25, -0.2) is 9.50 Å². The third-order valence-corrected chi connectivity index (χ3v) is 3.73. The van der Waals surface area contributed by atoms with E-state index in [-0.39, 0.29) is 0 Å². The Kier molecular flexibility index (Phi) is 2.74. The summed E-state index contributed by atoms with van der Waals surface area (Å²) in [6, 6.07) is 2.10. The van der Waals surface area contributed by atoms with Crippen molar-refractivity contribution in [1.29, 1.82) is 0 Å². The molecule has 2 aromatic rings. The summed E-state index contributed by atoms with van der Waals surface area (Å²) in [4.78, 5) is 6.62. The zero-order valence-electron chi connectivity index (χ0n) is 11.7. The van der Waals surface area contributed by atoms with Crippen LogP contribution < -0.4 is 4.90 Å². The van der Waals surface area contributed by atoms with Gasteiger partial charge >= 0.3 is 0 Å². The summed E-state index contributed by atoms with van der Waals surface area (Å²) in [5.74, 6) is 1.31. The van der Waals surface area contributed by atoms with Gasteiger partial charge in [0.2, 0.25) is 0 Å². The number of aromatic nitrogens is 3. The monoisotopic (exact) mass is 260 g/mol. The second kappa shape index (κ2) is 4.20. The first kappa shape index (κ1) is 12.4. The largest absolute Gasteiger partial charge is 0.388 e. The first-order chi connectivity index (χ1) is 8.96. The molecule has 1 saturated heterocycles. The van der Waals surface area contributed by atoms with E-state index >= 15 is 0 Å². The molecule has 1 atom stereocenters. The van der Waals surface area contributed by atoms with Crippen molar-refractivity contribution in [3.63, 3.8) is 0 Å². The van der Waals surface area contributed by atoms with Gasteiger partial charge in [0.05, 0.1) is 11.3 Å². The summed E-state index contributed by atoms with van der Waals surface area (Å²) < 4.78 is 1.88. The van der Waals surface area contributed by atoms with Gasteiger partial charge in [0, 0.05) is 25.5 Å². The van der Waals surface area contributed by atoms with Gasteiger partial charge in [0.25, 0.3) is 0 Å². The summed E-state index contributed by atoms with van der Waals surface area (Å²) in [6.07, 6.45) is 4.42. The zero-order chi connectivity index (χ0) is 13.6. The predicted molar refractivity (Wildman–Crippen MR) is 74.5 cm³/mol. The number of hydrogen-bond acceptors (Lipinski definition) is 4. The lowest BCUT2D eigenvalue weighted by molar-refractivity contribution is 0.0839. The summed E-state index contributed by atoms with van der Waals surface area (Å²) in [5, 5.41) is 14.7. The van der Waals surface area contributed by atoms with Crippen molar-refractivity contribution in [3.05, 3.63) is 24.2 Å². The molecule has 19 heavy (non-hydrogen) atoms. The summed E-state index contributed by atoms with van der Waals surface area (Å²) in [5.41, 5.74) is 1.47. The van der Waals surface area contributed by atoms with Gasteiger partial charge in [-0.05, 0) is 25.3 Å². The Hall–Kier alpha value is -1.62. The topological polar surface area (TPSA) is 53.7 Å². The maximum absolute atomic E-state index is 10.1. The van der Waals surface area contributed by atoms with Gasteiger partial charge in [-0.3, -0.25) is 0 Å². The van der Waals surface area contributed by atoms with Crippen LogP contribution in [0.2, 0.25) is 0 Å². The molecule has 0 amide bonds. The van der Waals surface area contributed by atoms with Crippen LogP contribution in [-0.2, 0) is 0 Å². The second-order valence-electron chi connectivity index (χ2n) is 5.97. The van der Waals surface area contributed by atoms with Crippen LogP contribution >= 0.6 is 0 Å². The van der Waals surface area contributed by atoms with E-state index in [2.05, 4.69) is 34.9 Å². The Labute approximate surface area is 112 Å². The Bertz CT molecular complexity index is 603. The molecule has 1 aliphatic rings. The minimum absolute atomic E-state index is 0.398. The Morgan fingerprint density at radius 1 is 1.42 bits per heavy atom. The maximum atomic E-state index is 10.1. The zero-order valence-corrected chi connectivity index (χ0v) is 11.7. The van der Waals surface area contributed by atoms with Crippen molar-refractivity contribution < 1.29 is 5.11 Å². The fourth-order valence-electron chi connectivity index (χ4n) is 2.58. The Morgan fingerprint density at radius 2 is 2.21 bits per heavy atom. The number of aliphatic hydroxyl groups is 1. The molecule has 0 radical (unpaired) electrons. The summed E-state index contributed by atoms with van der Waals surface area (Å²) in [7, 11) is 0. The van der Waals surface area contributed by atoms with Gasteiger partial charge in [-0.1, -0.05) is 13.8 Å². The first-order valence-electron chi connectivity index (χ1n) is 6.78. The van der Waals surface area contributed by atoms with E-state index in [9.17, 15) is 5.11 Å². The van der Waals surface area contributed by atoms with Crippen LogP contribution in [0.3, 0.4) is 0 Å². The van der Waals surface area contributed by atoms with E-state index in [4.69, 9.17) is 0 Å². The molecule has 5 heteroatoms. The smallest absolute Gasteiger partial charge is 0.154 e. The van der Waals surface area contributed by atoms with Gasteiger partial charge in [0.1, 0.15) is 5.52 Å². The highest BCUT2D eigenvalue weighted by Crippen LogP contribution is 2.29. The van der Waals surface area contributed by atoms with Gasteiger partial charge in [-0.2, -0.15) is 5.10 Å². The van der Waals surface area contributed by atoms with Crippen molar-refractivity contribution >= 4 is 11.3 Å². The molecular weight excluding hydrogens is 240 g/mol. The lowest BCUT2D eigenvalue weighted by atomic mass is 10.1. The molecule has 0 spiro atoms. The van der Waals surface area contributed by atoms with Crippen LogP contribution in [0, 0.1) is 0 Å². The van der Waals surface area contributed by atoms with E-state index in [0.29, 0.717) is 12.5 Å². The lowest BCUT2D eigenvalue weighted by Gasteiger charge is -2.20. The highest BCUT2D eigenvalue weighted by Gasteiger charge is 2.33. The molecular formula is C14H20N4O. The summed E-state index contributed by atoms with van der Waals surface area (Å²) in [6.45, 7) is 7.61. The lowest BCUT2D eigenvalue weighted by Crippen LogP contribution is -2.30. The molecule has 3 rings (SSSR count). The molecule has 1 N–H and O–H groups in total. The number of fused-ring (bicyclic) bond motifs is 1. The number of β-amino-alcohol motifs (C(OH)–C–C–N with tert-alkyl or cyclic N) is 1. The number of anilines is 1. The van der Waals surface area contributed by atoms with Crippen molar-refractivity contribution in [2.45, 2.75) is 38.7 Å². The van der Waals surface area contributed by atoms with Gasteiger partial charge in [-0.15, -0.1) is 0 Å². The molecule has 2 aromatic heterocycles. The molecule has 0 bridgehead atoms. The average Bonchev–Trinajstić information content (AvgIpc) is 2.91. The second-order valence-corrected chi connectivity index (χ2v) is 5.97. The molecule has 0 aliphatic carbocycles. The maximum Gasteiger partial charge on any atom is 0.154 e. The van der Waals surface area contributed by atoms with Crippen molar-refractivity contribution in [2.75, 3.05) is 18.0 Å². The molecule has 1 fully saturated rings. The number of hydrogen-bond donors (Lipinski definition) is 1. The highest BCUT2D eigenvalue weighted by atomic mass is 16.3. The minimum atomic E-state index is -0.616. The minimum Gasteiger partial charge on any atom is -0.388 e. The first-order valence-corrected chi connectivity index (χ1v) is 6.78. The highest BCUT2D eigenvalue weighted by molar-refractivity contribution is 5.69. The summed E-state index contributed by atoms with van der Waals surface area (Å²) >= 11 is 0. The normalized spacial score (nSPS) is 23.7. The third kappa shape index (κ3) is 2.18. The van der Waals surface area contributed by atoms with E-state index in [1.807, 2.05) is 17.6 Å². The van der Waals surface area contributed by atoms with Crippen LogP contribution in [0.5, 0.6) is 0 Å². The van der Waals surface area contributed by atoms with E-state index < -0.39 is 5.60 Å². The molecule has 5 nitrogen and oxygen atoms in total. The fraction of sp³-hybridized carbons (Fsp3) is 0.571. The molecule has 1 unspecified atom stereocenters. The third-order valence-electron chi connectivity index (χ3n) is 3.73. The van der Waals surface area contributed by atoms with Gasteiger partial charge in [0.15, 0.2) is 5.82 Å². The molecule has 3 heterocycles. The predicted octanol–water partition coefficient (Wildman–Crippen LogP) is 1.81. The molecule has 0 aromatic carbocycles. The van der Waals surface area contributed by atoms with Crippen LogP contribution in [-0.4, -0.2) is 38.4 Å². The van der Waals surface area contributed by atoms with Crippen molar-refractivity contribution in [2.24, 2.45) is 0 Å². The molecule has 102 valence electrons. The van der Waals surface area contributed by atoms with Crippen LogP contribution in [0.15, 0.2) is 18.5 Å². The van der Waals surface area contributed by atoms with Crippen molar-refractivity contribution in [3.8, 4) is 0 Å². The number of rotatable bonds is 2.